The van der Waals surface area contributed by atoms with E-state index in [0.717, 1.165) is 6.07 Å². The van der Waals surface area contributed by atoms with E-state index in [-0.39, 0.29) is 26.5 Å². The zero-order chi connectivity index (χ0) is 14.9. The highest BCUT2D eigenvalue weighted by molar-refractivity contribution is 7.86. The summed E-state index contributed by atoms with van der Waals surface area (Å²) >= 11 is 11.7. The molecule has 0 saturated carbocycles. The fourth-order valence-electron chi connectivity index (χ4n) is 1.55. The maximum atomic E-state index is 11.2. The molecule has 0 aliphatic carbocycles. The molecule has 0 spiro atoms. The fraction of sp³-hybridized carbons (Fsp3) is 0. The number of hydrazine groups is 1. The summed E-state index contributed by atoms with van der Waals surface area (Å²) in [6, 6.07) is 3.85. The lowest BCUT2D eigenvalue weighted by Crippen LogP contribution is -2.12. The molecule has 0 fully saturated rings. The molecule has 4 N–H and O–H groups in total. The molecule has 0 saturated heterocycles. The van der Waals surface area contributed by atoms with Gasteiger partial charge in [0.25, 0.3) is 10.1 Å². The van der Waals surface area contributed by atoms with Crippen LogP contribution in [0.4, 0.5) is 5.69 Å². The molecular weight excluding hydrogens is 329 g/mol. The van der Waals surface area contributed by atoms with E-state index in [1.54, 1.807) is 0 Å². The Morgan fingerprint density at radius 3 is 2.30 bits per heavy atom. The molecule has 106 valence electrons. The van der Waals surface area contributed by atoms with Crippen LogP contribution in [0, 0.1) is 0 Å². The van der Waals surface area contributed by atoms with Crippen molar-refractivity contribution in [1.29, 1.82) is 0 Å². The highest BCUT2D eigenvalue weighted by Gasteiger charge is 2.18. The minimum absolute atomic E-state index is 0.00687. The Bertz CT molecular complexity index is 748. The zero-order valence-electron chi connectivity index (χ0n) is 9.58. The molecule has 8 nitrogen and oxygen atoms in total. The summed E-state index contributed by atoms with van der Waals surface area (Å²) in [6.45, 7) is 0. The van der Waals surface area contributed by atoms with Crippen molar-refractivity contribution in [2.24, 2.45) is 5.84 Å². The third-order valence-corrected chi connectivity index (χ3v) is 3.82. The van der Waals surface area contributed by atoms with Crippen molar-refractivity contribution in [2.45, 2.75) is 4.90 Å². The predicted octanol–water partition coefficient (Wildman–Crippen LogP) is 1.38. The quantitative estimate of drug-likeness (QED) is 0.435. The van der Waals surface area contributed by atoms with Gasteiger partial charge >= 0.3 is 0 Å². The minimum Gasteiger partial charge on any atom is -0.323 e. The Morgan fingerprint density at radius 1 is 1.20 bits per heavy atom. The number of benzene rings is 1. The van der Waals surface area contributed by atoms with Crippen LogP contribution in [0.25, 0.3) is 11.1 Å². The number of hydrogen-bond acceptors (Lipinski definition) is 7. The highest BCUT2D eigenvalue weighted by atomic mass is 35.5. The topological polar surface area (TPSA) is 131 Å². The highest BCUT2D eigenvalue weighted by Crippen LogP contribution is 2.34. The van der Waals surface area contributed by atoms with Crippen LogP contribution < -0.4 is 11.3 Å². The average molecular weight is 336 g/mol. The van der Waals surface area contributed by atoms with Crippen LogP contribution in [0.5, 0.6) is 0 Å². The van der Waals surface area contributed by atoms with Crippen LogP contribution in [-0.2, 0) is 10.1 Å². The van der Waals surface area contributed by atoms with Crippen LogP contribution in [-0.4, -0.2) is 28.4 Å². The van der Waals surface area contributed by atoms with Crippen molar-refractivity contribution >= 4 is 39.0 Å². The molecular formula is C9H7Cl2N5O3S. The van der Waals surface area contributed by atoms with E-state index in [2.05, 4.69) is 20.8 Å². The molecule has 11 heteroatoms. The largest absolute Gasteiger partial charge is 0.323 e. The van der Waals surface area contributed by atoms with Crippen LogP contribution in [0.15, 0.2) is 23.1 Å². The van der Waals surface area contributed by atoms with Gasteiger partial charge in [-0.2, -0.15) is 8.42 Å². The summed E-state index contributed by atoms with van der Waals surface area (Å²) in [4.78, 5) is -0.383. The van der Waals surface area contributed by atoms with E-state index in [1.807, 2.05) is 0 Å². The maximum absolute atomic E-state index is 11.2. The summed E-state index contributed by atoms with van der Waals surface area (Å²) in [6.07, 6.45) is 0. The molecule has 0 unspecified atom stereocenters. The lowest BCUT2D eigenvalue weighted by atomic mass is 10.1. The van der Waals surface area contributed by atoms with Crippen LogP contribution in [0.2, 0.25) is 10.3 Å². The number of rotatable bonds is 3. The molecule has 0 atom stereocenters. The second-order valence-corrected chi connectivity index (χ2v) is 5.68. The Balaban J connectivity index is 2.67. The standard InChI is InChI=1S/C9H7Cl2N5O3S/c10-8-7(9(11)15-16-14-8)4-1-2-6(20(17,18)19)5(3-4)13-12/h1-3,13H,12H2,(H,17,18,19). The number of nitrogens with one attached hydrogen (secondary N) is 1. The normalized spacial score (nSPS) is 11.4. The van der Waals surface area contributed by atoms with Crippen LogP contribution in [0.3, 0.4) is 0 Å². The van der Waals surface area contributed by atoms with Gasteiger partial charge in [0.2, 0.25) is 0 Å². The molecule has 2 rings (SSSR count). The molecule has 0 bridgehead atoms. The SMILES string of the molecule is NNc1cc(-c2c(Cl)nnnc2Cl)ccc1S(=O)(=O)O. The van der Waals surface area contributed by atoms with Crippen molar-refractivity contribution in [3.05, 3.63) is 28.5 Å². The number of hydrogen-bond donors (Lipinski definition) is 3. The lowest BCUT2D eigenvalue weighted by Gasteiger charge is -2.10. The van der Waals surface area contributed by atoms with Crippen molar-refractivity contribution in [3.8, 4) is 11.1 Å². The molecule has 2 aromatic rings. The molecule has 0 aliphatic heterocycles. The third-order valence-electron chi connectivity index (χ3n) is 2.38. The monoisotopic (exact) mass is 335 g/mol. The summed E-state index contributed by atoms with van der Waals surface area (Å²) in [5.41, 5.74) is 2.81. The van der Waals surface area contributed by atoms with E-state index >= 15 is 0 Å². The summed E-state index contributed by atoms with van der Waals surface area (Å²) in [5, 5.41) is 10.4. The van der Waals surface area contributed by atoms with E-state index in [1.165, 1.54) is 12.1 Å². The Kier molecular flexibility index (Phi) is 4.06. The van der Waals surface area contributed by atoms with Crippen molar-refractivity contribution < 1.29 is 13.0 Å². The smallest absolute Gasteiger partial charge is 0.296 e. The number of nitrogen functional groups attached to an aromatic ring is 1. The summed E-state index contributed by atoms with van der Waals surface area (Å²) < 4.78 is 31.4. The first-order valence-electron chi connectivity index (χ1n) is 4.97. The van der Waals surface area contributed by atoms with Gasteiger partial charge in [-0.05, 0) is 22.9 Å². The predicted molar refractivity (Wildman–Crippen MR) is 72.9 cm³/mol. The molecule has 1 heterocycles. The molecule has 20 heavy (non-hydrogen) atoms. The number of aromatic nitrogens is 3. The van der Waals surface area contributed by atoms with E-state index < -0.39 is 10.1 Å². The van der Waals surface area contributed by atoms with Gasteiger partial charge in [-0.15, -0.1) is 10.2 Å². The van der Waals surface area contributed by atoms with Crippen molar-refractivity contribution in [1.82, 2.24) is 15.4 Å². The third kappa shape index (κ3) is 2.81. The van der Waals surface area contributed by atoms with Gasteiger partial charge in [-0.1, -0.05) is 29.3 Å². The van der Waals surface area contributed by atoms with Gasteiger partial charge in [0.05, 0.1) is 11.3 Å². The number of nitrogens with two attached hydrogens (primary N) is 1. The van der Waals surface area contributed by atoms with E-state index in [9.17, 15) is 8.42 Å². The van der Waals surface area contributed by atoms with Crippen LogP contribution in [0.1, 0.15) is 0 Å². The average Bonchev–Trinajstić information content (AvgIpc) is 2.37. The number of anilines is 1. The first kappa shape index (κ1) is 14.9. The molecule has 1 aromatic carbocycles. The summed E-state index contributed by atoms with van der Waals surface area (Å²) in [7, 11) is -4.42. The Hall–Kier alpha value is -1.52. The van der Waals surface area contributed by atoms with Crippen molar-refractivity contribution in [3.63, 3.8) is 0 Å². The second kappa shape index (κ2) is 5.46. The van der Waals surface area contributed by atoms with Gasteiger partial charge in [-0.25, -0.2) is 0 Å². The Labute approximate surface area is 123 Å². The van der Waals surface area contributed by atoms with Crippen molar-refractivity contribution in [2.75, 3.05) is 5.43 Å². The Morgan fingerprint density at radius 2 is 1.80 bits per heavy atom. The zero-order valence-corrected chi connectivity index (χ0v) is 11.9. The first-order valence-corrected chi connectivity index (χ1v) is 7.17. The van der Waals surface area contributed by atoms with Gasteiger partial charge < -0.3 is 5.43 Å². The first-order chi connectivity index (χ1) is 9.34. The molecule has 1 aromatic heterocycles. The molecule has 0 radical (unpaired) electrons. The van der Waals surface area contributed by atoms with E-state index in [4.69, 9.17) is 33.6 Å². The summed E-state index contributed by atoms with van der Waals surface area (Å²) in [5.74, 6) is 5.24. The minimum atomic E-state index is -4.42. The fourth-order valence-corrected chi connectivity index (χ4v) is 2.70. The number of nitrogens with zero attached hydrogens (tertiary/aromatic N) is 3. The van der Waals surface area contributed by atoms with Gasteiger partial charge in [0, 0.05) is 0 Å². The van der Waals surface area contributed by atoms with Crippen LogP contribution >= 0.6 is 23.2 Å². The maximum Gasteiger partial charge on any atom is 0.296 e. The molecule has 0 aliphatic rings. The number of halogens is 2. The van der Waals surface area contributed by atoms with Gasteiger partial charge in [0.1, 0.15) is 4.90 Å². The second-order valence-electron chi connectivity index (χ2n) is 3.58. The molecule has 0 amide bonds. The van der Waals surface area contributed by atoms with Gasteiger partial charge in [0.15, 0.2) is 10.3 Å². The van der Waals surface area contributed by atoms with E-state index in [0.29, 0.717) is 5.56 Å². The lowest BCUT2D eigenvalue weighted by molar-refractivity contribution is 0.483. The van der Waals surface area contributed by atoms with Gasteiger partial charge in [-0.3, -0.25) is 10.4 Å².